The lowest BCUT2D eigenvalue weighted by Crippen LogP contribution is -2.28. The maximum absolute atomic E-state index is 11.8. The lowest BCUT2D eigenvalue weighted by atomic mass is 10.0. The highest BCUT2D eigenvalue weighted by molar-refractivity contribution is 5.76. The third-order valence-electron chi connectivity index (χ3n) is 3.36. The summed E-state index contributed by atoms with van der Waals surface area (Å²) < 4.78 is 2.03. The van der Waals surface area contributed by atoms with Crippen LogP contribution in [0.3, 0.4) is 0 Å². The molecular formula is C16H22N4O. The molecule has 1 aromatic carbocycles. The van der Waals surface area contributed by atoms with Crippen LogP contribution >= 0.6 is 0 Å². The standard InChI is InChI=1S/C16H22N4O/c17-15(14-6-2-1-3-7-14)12-16(21)19-8-4-5-10-20-11-9-18-13-20/h1-3,6-7,9,11,13,15H,4-5,8,10,12,17H2,(H,19,21). The first-order valence-electron chi connectivity index (χ1n) is 7.28. The fraction of sp³-hybridized carbons (Fsp3) is 0.375. The van der Waals surface area contributed by atoms with Gasteiger partial charge in [-0.25, -0.2) is 4.98 Å². The Morgan fingerprint density at radius 1 is 1.29 bits per heavy atom. The Morgan fingerprint density at radius 2 is 2.10 bits per heavy atom. The number of amides is 1. The molecule has 0 saturated heterocycles. The second-order valence-electron chi connectivity index (χ2n) is 5.08. The molecule has 0 bridgehead atoms. The number of nitrogens with zero attached hydrogens (tertiary/aromatic N) is 2. The van der Waals surface area contributed by atoms with Gasteiger partial charge in [-0.1, -0.05) is 30.3 Å². The number of carbonyl (C=O) groups is 1. The minimum Gasteiger partial charge on any atom is -0.356 e. The van der Waals surface area contributed by atoms with Crippen molar-refractivity contribution in [1.29, 1.82) is 0 Å². The number of imidazole rings is 1. The molecule has 0 fully saturated rings. The normalized spacial score (nSPS) is 12.0. The molecule has 2 rings (SSSR count). The molecule has 0 radical (unpaired) electrons. The Kier molecular flexibility index (Phi) is 5.97. The van der Waals surface area contributed by atoms with Crippen molar-refractivity contribution in [2.24, 2.45) is 5.73 Å². The van der Waals surface area contributed by atoms with Crippen LogP contribution in [-0.2, 0) is 11.3 Å². The minimum absolute atomic E-state index is 0.00832. The number of aryl methyl sites for hydroxylation is 1. The Labute approximate surface area is 125 Å². The third-order valence-corrected chi connectivity index (χ3v) is 3.36. The smallest absolute Gasteiger partial charge is 0.221 e. The van der Waals surface area contributed by atoms with Gasteiger partial charge in [-0.05, 0) is 18.4 Å². The summed E-state index contributed by atoms with van der Waals surface area (Å²) in [6, 6.07) is 9.46. The van der Waals surface area contributed by atoms with Crippen LogP contribution in [0.5, 0.6) is 0 Å². The molecule has 1 aromatic heterocycles. The van der Waals surface area contributed by atoms with E-state index in [1.165, 1.54) is 0 Å². The summed E-state index contributed by atoms with van der Waals surface area (Å²) >= 11 is 0. The summed E-state index contributed by atoms with van der Waals surface area (Å²) in [4.78, 5) is 15.8. The van der Waals surface area contributed by atoms with E-state index in [1.54, 1.807) is 12.5 Å². The quantitative estimate of drug-likeness (QED) is 0.728. The van der Waals surface area contributed by atoms with Gasteiger partial charge < -0.3 is 15.6 Å². The monoisotopic (exact) mass is 286 g/mol. The Balaban J connectivity index is 1.59. The van der Waals surface area contributed by atoms with E-state index < -0.39 is 0 Å². The van der Waals surface area contributed by atoms with E-state index in [0.29, 0.717) is 13.0 Å². The van der Waals surface area contributed by atoms with Gasteiger partial charge in [0.15, 0.2) is 0 Å². The van der Waals surface area contributed by atoms with E-state index in [-0.39, 0.29) is 11.9 Å². The molecule has 5 nitrogen and oxygen atoms in total. The van der Waals surface area contributed by atoms with Crippen molar-refractivity contribution in [3.05, 3.63) is 54.6 Å². The van der Waals surface area contributed by atoms with Gasteiger partial charge in [-0.15, -0.1) is 0 Å². The molecule has 112 valence electrons. The first kappa shape index (κ1) is 15.3. The number of benzene rings is 1. The van der Waals surface area contributed by atoms with Crippen LogP contribution in [0, 0.1) is 0 Å². The van der Waals surface area contributed by atoms with E-state index in [9.17, 15) is 4.79 Å². The zero-order valence-corrected chi connectivity index (χ0v) is 12.1. The van der Waals surface area contributed by atoms with Gasteiger partial charge in [0.1, 0.15) is 0 Å². The summed E-state index contributed by atoms with van der Waals surface area (Å²) in [5.74, 6) is 0.00832. The summed E-state index contributed by atoms with van der Waals surface area (Å²) in [5.41, 5.74) is 7.01. The molecule has 1 amide bonds. The summed E-state index contributed by atoms with van der Waals surface area (Å²) in [6.07, 6.45) is 7.80. The molecule has 0 spiro atoms. The number of unbranched alkanes of at least 4 members (excludes halogenated alkanes) is 1. The molecule has 1 atom stereocenters. The fourth-order valence-electron chi connectivity index (χ4n) is 2.16. The Hall–Kier alpha value is -2.14. The zero-order chi connectivity index (χ0) is 14.9. The van der Waals surface area contributed by atoms with Crippen LogP contribution in [0.25, 0.3) is 0 Å². The van der Waals surface area contributed by atoms with Gasteiger partial charge in [-0.2, -0.15) is 0 Å². The number of hydrogen-bond acceptors (Lipinski definition) is 3. The molecule has 0 saturated carbocycles. The fourth-order valence-corrected chi connectivity index (χ4v) is 2.16. The second-order valence-corrected chi connectivity index (χ2v) is 5.08. The minimum atomic E-state index is -0.239. The lowest BCUT2D eigenvalue weighted by Gasteiger charge is -2.12. The predicted molar refractivity (Wildman–Crippen MR) is 82.5 cm³/mol. The largest absolute Gasteiger partial charge is 0.356 e. The van der Waals surface area contributed by atoms with Gasteiger partial charge in [0.25, 0.3) is 0 Å². The van der Waals surface area contributed by atoms with Crippen LogP contribution in [0.15, 0.2) is 49.1 Å². The summed E-state index contributed by atoms with van der Waals surface area (Å²) in [7, 11) is 0. The summed E-state index contributed by atoms with van der Waals surface area (Å²) in [5, 5.41) is 2.92. The van der Waals surface area contributed by atoms with Crippen molar-refractivity contribution in [3.8, 4) is 0 Å². The Morgan fingerprint density at radius 3 is 2.81 bits per heavy atom. The molecule has 21 heavy (non-hydrogen) atoms. The number of aromatic nitrogens is 2. The molecule has 0 aliphatic carbocycles. The van der Waals surface area contributed by atoms with E-state index in [0.717, 1.165) is 24.9 Å². The van der Waals surface area contributed by atoms with Crippen molar-refractivity contribution >= 4 is 5.91 Å². The van der Waals surface area contributed by atoms with E-state index in [4.69, 9.17) is 5.73 Å². The maximum Gasteiger partial charge on any atom is 0.221 e. The number of nitrogens with two attached hydrogens (primary N) is 1. The number of carbonyl (C=O) groups excluding carboxylic acids is 1. The van der Waals surface area contributed by atoms with Gasteiger partial charge in [-0.3, -0.25) is 4.79 Å². The van der Waals surface area contributed by atoms with Crippen molar-refractivity contribution < 1.29 is 4.79 Å². The topological polar surface area (TPSA) is 72.9 Å². The highest BCUT2D eigenvalue weighted by Crippen LogP contribution is 2.12. The highest BCUT2D eigenvalue weighted by atomic mass is 16.1. The average Bonchev–Trinajstić information content (AvgIpc) is 3.01. The molecule has 5 heteroatoms. The number of nitrogens with one attached hydrogen (secondary N) is 1. The van der Waals surface area contributed by atoms with E-state index in [2.05, 4.69) is 10.3 Å². The molecule has 2 aromatic rings. The van der Waals surface area contributed by atoms with E-state index >= 15 is 0 Å². The van der Waals surface area contributed by atoms with Crippen LogP contribution in [0.4, 0.5) is 0 Å². The lowest BCUT2D eigenvalue weighted by molar-refractivity contribution is -0.121. The summed E-state index contributed by atoms with van der Waals surface area (Å²) in [6.45, 7) is 1.62. The molecular weight excluding hydrogens is 264 g/mol. The SMILES string of the molecule is NC(CC(=O)NCCCCn1ccnc1)c1ccccc1. The first-order valence-corrected chi connectivity index (χ1v) is 7.28. The third kappa shape index (κ3) is 5.39. The zero-order valence-electron chi connectivity index (χ0n) is 12.1. The predicted octanol–water partition coefficient (Wildman–Crippen LogP) is 1.87. The van der Waals surface area contributed by atoms with Crippen LogP contribution in [0.1, 0.15) is 30.9 Å². The van der Waals surface area contributed by atoms with Crippen LogP contribution in [0.2, 0.25) is 0 Å². The number of rotatable bonds is 8. The second kappa shape index (κ2) is 8.21. The van der Waals surface area contributed by atoms with Crippen molar-refractivity contribution in [1.82, 2.24) is 14.9 Å². The molecule has 3 N–H and O–H groups in total. The first-order chi connectivity index (χ1) is 10.3. The van der Waals surface area contributed by atoms with Crippen molar-refractivity contribution in [3.63, 3.8) is 0 Å². The highest BCUT2D eigenvalue weighted by Gasteiger charge is 2.10. The molecule has 1 unspecified atom stereocenters. The van der Waals surface area contributed by atoms with Gasteiger partial charge in [0, 0.05) is 37.9 Å². The average molecular weight is 286 g/mol. The van der Waals surface area contributed by atoms with Crippen molar-refractivity contribution in [2.45, 2.75) is 31.8 Å². The van der Waals surface area contributed by atoms with Crippen LogP contribution in [-0.4, -0.2) is 22.0 Å². The van der Waals surface area contributed by atoms with Crippen molar-refractivity contribution in [2.75, 3.05) is 6.54 Å². The van der Waals surface area contributed by atoms with Gasteiger partial charge >= 0.3 is 0 Å². The van der Waals surface area contributed by atoms with Gasteiger partial charge in [0.2, 0.25) is 5.91 Å². The van der Waals surface area contributed by atoms with Gasteiger partial charge in [0.05, 0.1) is 6.33 Å². The molecule has 1 heterocycles. The maximum atomic E-state index is 11.8. The number of hydrogen-bond donors (Lipinski definition) is 2. The van der Waals surface area contributed by atoms with E-state index in [1.807, 2.05) is 41.1 Å². The molecule has 0 aliphatic rings. The molecule has 0 aliphatic heterocycles. The van der Waals surface area contributed by atoms with Crippen LogP contribution < -0.4 is 11.1 Å². The Bertz CT molecular complexity index is 524.